The maximum atomic E-state index is 12.6. The number of hydrogen-bond acceptors (Lipinski definition) is 2. The number of likely N-dealkylation sites (tertiary alicyclic amines) is 1. The van der Waals surface area contributed by atoms with Crippen LogP contribution in [0.4, 0.5) is 4.39 Å². The molecule has 1 unspecified atom stereocenters. The summed E-state index contributed by atoms with van der Waals surface area (Å²) in [5.41, 5.74) is 0. The van der Waals surface area contributed by atoms with Gasteiger partial charge < -0.3 is 0 Å². The molecular formula is C8H12FNS. The molecule has 0 N–H and O–H groups in total. The summed E-state index contributed by atoms with van der Waals surface area (Å²) in [6, 6.07) is 0. The number of rotatable bonds is 1. The lowest BCUT2D eigenvalue weighted by Gasteiger charge is -2.08. The molecule has 62 valence electrons. The fourth-order valence-corrected chi connectivity index (χ4v) is 1.35. The van der Waals surface area contributed by atoms with Crippen LogP contribution in [0.2, 0.25) is 0 Å². The molecule has 1 fully saturated rings. The van der Waals surface area contributed by atoms with Crippen molar-refractivity contribution in [2.75, 3.05) is 25.9 Å². The van der Waals surface area contributed by atoms with Crippen LogP contribution in [0.3, 0.4) is 0 Å². The zero-order valence-electron chi connectivity index (χ0n) is 6.64. The fraction of sp³-hybridized carbons (Fsp3) is 0.750. The molecular weight excluding hydrogens is 161 g/mol. The van der Waals surface area contributed by atoms with Crippen molar-refractivity contribution in [2.45, 2.75) is 12.6 Å². The molecule has 3 heteroatoms. The van der Waals surface area contributed by atoms with E-state index in [0.29, 0.717) is 13.0 Å². The predicted octanol–water partition coefficient (Wildman–Crippen LogP) is 1.35. The van der Waals surface area contributed by atoms with Crippen LogP contribution < -0.4 is 0 Å². The van der Waals surface area contributed by atoms with Crippen molar-refractivity contribution < 1.29 is 4.39 Å². The summed E-state index contributed by atoms with van der Waals surface area (Å²) >= 11 is 1.50. The number of nitrogens with zero attached hydrogens (tertiary/aromatic N) is 1. The van der Waals surface area contributed by atoms with Crippen molar-refractivity contribution in [1.82, 2.24) is 4.90 Å². The average Bonchev–Trinajstić information content (AvgIpc) is 2.37. The highest BCUT2D eigenvalue weighted by molar-refractivity contribution is 8.03. The lowest BCUT2D eigenvalue weighted by Crippen LogP contribution is -2.21. The standard InChI is InChI=1S/C8H12FNS/c1-11-6-2-4-10-5-3-8(9)7-10/h8H,3-5,7H2,1H3. The Hall–Kier alpha value is -0.200. The van der Waals surface area contributed by atoms with Gasteiger partial charge in [-0.15, -0.1) is 0 Å². The van der Waals surface area contributed by atoms with Crippen LogP contribution >= 0.6 is 11.8 Å². The third-order valence-corrected chi connectivity index (χ3v) is 2.04. The molecule has 0 spiro atoms. The highest BCUT2D eigenvalue weighted by Crippen LogP contribution is 2.10. The largest absolute Gasteiger partial charge is 0.289 e. The Labute approximate surface area is 71.3 Å². The van der Waals surface area contributed by atoms with Gasteiger partial charge in [0.05, 0.1) is 6.54 Å². The van der Waals surface area contributed by atoms with E-state index in [0.717, 1.165) is 13.1 Å². The van der Waals surface area contributed by atoms with Gasteiger partial charge in [0, 0.05) is 13.1 Å². The van der Waals surface area contributed by atoms with Gasteiger partial charge in [0.15, 0.2) is 0 Å². The second kappa shape index (κ2) is 4.63. The molecule has 0 aliphatic carbocycles. The molecule has 0 saturated carbocycles. The topological polar surface area (TPSA) is 3.24 Å². The van der Waals surface area contributed by atoms with Crippen LogP contribution in [0.5, 0.6) is 0 Å². The van der Waals surface area contributed by atoms with Gasteiger partial charge in [0.25, 0.3) is 0 Å². The average molecular weight is 173 g/mol. The SMILES string of the molecule is CSC#CCN1CCC(F)C1. The van der Waals surface area contributed by atoms with E-state index >= 15 is 0 Å². The van der Waals surface area contributed by atoms with Gasteiger partial charge in [0.1, 0.15) is 6.17 Å². The summed E-state index contributed by atoms with van der Waals surface area (Å²) in [7, 11) is 0. The van der Waals surface area contributed by atoms with E-state index in [1.807, 2.05) is 11.2 Å². The molecule has 1 nitrogen and oxygen atoms in total. The first kappa shape index (κ1) is 8.89. The summed E-state index contributed by atoms with van der Waals surface area (Å²) < 4.78 is 12.6. The highest BCUT2D eigenvalue weighted by atomic mass is 32.2. The molecule has 1 aliphatic heterocycles. The van der Waals surface area contributed by atoms with Crippen molar-refractivity contribution in [1.29, 1.82) is 0 Å². The quantitative estimate of drug-likeness (QED) is 0.551. The zero-order valence-corrected chi connectivity index (χ0v) is 7.46. The minimum Gasteiger partial charge on any atom is -0.289 e. The normalized spacial score (nSPS) is 24.7. The van der Waals surface area contributed by atoms with Crippen LogP contribution in [-0.2, 0) is 0 Å². The van der Waals surface area contributed by atoms with Crippen LogP contribution in [0.25, 0.3) is 0 Å². The minimum absolute atomic E-state index is 0.572. The van der Waals surface area contributed by atoms with E-state index in [1.165, 1.54) is 11.8 Å². The Morgan fingerprint density at radius 1 is 1.73 bits per heavy atom. The maximum Gasteiger partial charge on any atom is 0.114 e. The smallest absolute Gasteiger partial charge is 0.114 e. The predicted molar refractivity (Wildman–Crippen MR) is 47.2 cm³/mol. The molecule has 1 saturated heterocycles. The van der Waals surface area contributed by atoms with Gasteiger partial charge in [-0.25, -0.2) is 4.39 Å². The summed E-state index contributed by atoms with van der Waals surface area (Å²) in [6.07, 6.45) is 2.00. The van der Waals surface area contributed by atoms with Gasteiger partial charge in [0.2, 0.25) is 0 Å². The van der Waals surface area contributed by atoms with E-state index in [1.54, 1.807) is 0 Å². The van der Waals surface area contributed by atoms with Gasteiger partial charge in [-0.3, -0.25) is 4.90 Å². The molecule has 0 aromatic carbocycles. The van der Waals surface area contributed by atoms with Gasteiger partial charge in [-0.2, -0.15) is 0 Å². The van der Waals surface area contributed by atoms with E-state index in [4.69, 9.17) is 0 Å². The third kappa shape index (κ3) is 3.13. The third-order valence-electron chi connectivity index (χ3n) is 1.69. The Kier molecular flexibility index (Phi) is 3.74. The number of halogens is 1. The first-order chi connectivity index (χ1) is 5.33. The molecule has 11 heavy (non-hydrogen) atoms. The molecule has 0 aromatic rings. The van der Waals surface area contributed by atoms with Gasteiger partial charge in [-0.05, 0) is 17.9 Å². The van der Waals surface area contributed by atoms with Crippen LogP contribution in [0.1, 0.15) is 6.42 Å². The van der Waals surface area contributed by atoms with Crippen LogP contribution in [-0.4, -0.2) is 37.0 Å². The molecule has 1 rings (SSSR count). The summed E-state index contributed by atoms with van der Waals surface area (Å²) in [4.78, 5) is 2.05. The van der Waals surface area contributed by atoms with Crippen molar-refractivity contribution in [2.24, 2.45) is 0 Å². The Morgan fingerprint density at radius 3 is 3.09 bits per heavy atom. The molecule has 1 heterocycles. The van der Waals surface area contributed by atoms with E-state index in [2.05, 4.69) is 11.2 Å². The number of thioether (sulfide) groups is 1. The summed E-state index contributed by atoms with van der Waals surface area (Å²) in [5.74, 6) is 2.97. The van der Waals surface area contributed by atoms with Crippen molar-refractivity contribution in [3.63, 3.8) is 0 Å². The number of alkyl halides is 1. The second-order valence-electron chi connectivity index (χ2n) is 2.60. The highest BCUT2D eigenvalue weighted by Gasteiger charge is 2.20. The second-order valence-corrected chi connectivity index (χ2v) is 3.22. The molecule has 0 radical (unpaired) electrons. The van der Waals surface area contributed by atoms with Gasteiger partial charge in [-0.1, -0.05) is 17.7 Å². The lowest BCUT2D eigenvalue weighted by atomic mass is 10.3. The van der Waals surface area contributed by atoms with E-state index in [-0.39, 0.29) is 0 Å². The minimum atomic E-state index is -0.619. The van der Waals surface area contributed by atoms with Crippen molar-refractivity contribution >= 4 is 11.8 Å². The monoisotopic (exact) mass is 173 g/mol. The van der Waals surface area contributed by atoms with Crippen LogP contribution in [0.15, 0.2) is 0 Å². The first-order valence-corrected chi connectivity index (χ1v) is 4.92. The maximum absolute atomic E-state index is 12.6. The first-order valence-electron chi connectivity index (χ1n) is 3.70. The van der Waals surface area contributed by atoms with Crippen molar-refractivity contribution in [3.8, 4) is 11.2 Å². The Bertz CT molecular complexity index is 173. The van der Waals surface area contributed by atoms with E-state index in [9.17, 15) is 4.39 Å². The molecule has 1 atom stereocenters. The van der Waals surface area contributed by atoms with Gasteiger partial charge >= 0.3 is 0 Å². The molecule has 0 aromatic heterocycles. The molecule has 1 aliphatic rings. The van der Waals surface area contributed by atoms with E-state index < -0.39 is 6.17 Å². The van der Waals surface area contributed by atoms with Crippen LogP contribution in [0, 0.1) is 11.2 Å². The molecule has 0 bridgehead atoms. The summed E-state index contributed by atoms with van der Waals surface area (Å²) in [6.45, 7) is 2.16. The molecule has 0 amide bonds. The van der Waals surface area contributed by atoms with Crippen molar-refractivity contribution in [3.05, 3.63) is 0 Å². The number of hydrogen-bond donors (Lipinski definition) is 0. The zero-order chi connectivity index (χ0) is 8.10. The Balaban J connectivity index is 2.18. The summed E-state index contributed by atoms with van der Waals surface area (Å²) in [5, 5.41) is 2.89. The Morgan fingerprint density at radius 2 is 2.55 bits per heavy atom. The lowest BCUT2D eigenvalue weighted by molar-refractivity contribution is 0.308. The fourth-order valence-electron chi connectivity index (χ4n) is 1.15.